The highest BCUT2D eigenvalue weighted by Crippen LogP contribution is 2.40. The van der Waals surface area contributed by atoms with Crippen molar-refractivity contribution in [2.45, 2.75) is 44.2 Å². The lowest BCUT2D eigenvalue weighted by atomic mass is 9.84. The number of fused-ring (bicyclic) bond motifs is 2. The number of likely N-dealkylation sites (tertiary alicyclic amines) is 1. The van der Waals surface area contributed by atoms with Crippen LogP contribution < -0.4 is 0 Å². The van der Waals surface area contributed by atoms with Gasteiger partial charge in [-0.05, 0) is 43.4 Å². The molecule has 1 aromatic heterocycles. The van der Waals surface area contributed by atoms with Crippen molar-refractivity contribution in [3.05, 3.63) is 23.8 Å². The first-order valence-electron chi connectivity index (χ1n) is 8.41. The predicted octanol–water partition coefficient (Wildman–Crippen LogP) is 1.83. The third-order valence-electron chi connectivity index (χ3n) is 5.47. The lowest BCUT2D eigenvalue weighted by Gasteiger charge is -2.33. The van der Waals surface area contributed by atoms with E-state index in [-0.39, 0.29) is 11.9 Å². The molecule has 3 unspecified atom stereocenters. The van der Waals surface area contributed by atoms with E-state index in [0.717, 1.165) is 31.2 Å². The van der Waals surface area contributed by atoms with E-state index in [1.807, 2.05) is 6.07 Å². The zero-order chi connectivity index (χ0) is 16.8. The van der Waals surface area contributed by atoms with Crippen molar-refractivity contribution in [1.82, 2.24) is 19.9 Å². The van der Waals surface area contributed by atoms with Gasteiger partial charge in [0.15, 0.2) is 0 Å². The molecule has 0 radical (unpaired) electrons. The second kappa shape index (κ2) is 5.58. The normalized spacial score (nSPS) is 26.5. The van der Waals surface area contributed by atoms with Gasteiger partial charge < -0.3 is 10.0 Å². The summed E-state index contributed by atoms with van der Waals surface area (Å²) in [6, 6.07) is 4.59. The first-order valence-corrected chi connectivity index (χ1v) is 8.41. The third kappa shape index (κ3) is 2.26. The maximum absolute atomic E-state index is 13.1. The second-order valence-electron chi connectivity index (χ2n) is 6.83. The number of carboxylic acid groups (broad SMARTS) is 1. The van der Waals surface area contributed by atoms with Crippen LogP contribution in [0.3, 0.4) is 0 Å². The number of aromatic nitrogens is 3. The average molecular weight is 328 g/mol. The molecule has 1 saturated carbocycles. The number of benzene rings is 1. The molecule has 3 atom stereocenters. The zero-order valence-corrected chi connectivity index (χ0v) is 13.6. The SMILES string of the molecule is Cn1nnc2cc(C(=O)N3C(C(=O)O)CC4CCCCC43)ccc21. The van der Waals surface area contributed by atoms with Crippen molar-refractivity contribution in [3.8, 4) is 0 Å². The molecular formula is C17H20N4O3. The summed E-state index contributed by atoms with van der Waals surface area (Å²) in [6.07, 6.45) is 4.66. The number of carbonyl (C=O) groups excluding carboxylic acids is 1. The minimum absolute atomic E-state index is 0.0462. The van der Waals surface area contributed by atoms with Gasteiger partial charge >= 0.3 is 5.97 Å². The standard InChI is InChI=1S/C17H20N4O3/c1-20-14-7-6-11(8-12(14)18-19-20)16(22)21-13-5-3-2-4-10(13)9-15(21)17(23)24/h6-8,10,13,15H,2-5,9H2,1H3,(H,23,24). The molecule has 1 amide bonds. The van der Waals surface area contributed by atoms with Gasteiger partial charge in [0.2, 0.25) is 0 Å². The summed E-state index contributed by atoms with van der Waals surface area (Å²) in [7, 11) is 1.80. The quantitative estimate of drug-likeness (QED) is 0.908. The van der Waals surface area contributed by atoms with Crippen molar-refractivity contribution < 1.29 is 14.7 Å². The lowest BCUT2D eigenvalue weighted by Crippen LogP contribution is -2.46. The van der Waals surface area contributed by atoms with Crippen molar-refractivity contribution >= 4 is 22.9 Å². The Balaban J connectivity index is 1.70. The van der Waals surface area contributed by atoms with Crippen LogP contribution in [-0.4, -0.2) is 49.0 Å². The van der Waals surface area contributed by atoms with Crippen LogP contribution in [0.2, 0.25) is 0 Å². The Morgan fingerprint density at radius 2 is 2.04 bits per heavy atom. The van der Waals surface area contributed by atoms with Gasteiger partial charge in [0.25, 0.3) is 5.91 Å². The van der Waals surface area contributed by atoms with E-state index in [0.29, 0.717) is 23.4 Å². The number of aliphatic carboxylic acids is 1. The van der Waals surface area contributed by atoms with Gasteiger partial charge in [-0.25, -0.2) is 9.48 Å². The molecule has 126 valence electrons. The van der Waals surface area contributed by atoms with E-state index in [9.17, 15) is 14.7 Å². The van der Waals surface area contributed by atoms with Crippen LogP contribution in [0.1, 0.15) is 42.5 Å². The van der Waals surface area contributed by atoms with Crippen LogP contribution in [0.15, 0.2) is 18.2 Å². The highest BCUT2D eigenvalue weighted by molar-refractivity contribution is 5.99. The number of rotatable bonds is 2. The van der Waals surface area contributed by atoms with E-state index in [2.05, 4.69) is 10.3 Å². The van der Waals surface area contributed by atoms with Gasteiger partial charge in [-0.15, -0.1) is 5.10 Å². The van der Waals surface area contributed by atoms with Gasteiger partial charge in [-0.3, -0.25) is 4.79 Å². The van der Waals surface area contributed by atoms with Crippen LogP contribution in [0.4, 0.5) is 0 Å². The molecule has 1 aromatic carbocycles. The Morgan fingerprint density at radius 3 is 2.83 bits per heavy atom. The predicted molar refractivity (Wildman–Crippen MR) is 86.5 cm³/mol. The number of carbonyl (C=O) groups is 2. The van der Waals surface area contributed by atoms with Crippen LogP contribution in [0, 0.1) is 5.92 Å². The van der Waals surface area contributed by atoms with Crippen LogP contribution in [0.5, 0.6) is 0 Å². The third-order valence-corrected chi connectivity index (χ3v) is 5.47. The van der Waals surface area contributed by atoms with Crippen molar-refractivity contribution in [2.24, 2.45) is 13.0 Å². The molecule has 7 heteroatoms. The van der Waals surface area contributed by atoms with Crippen LogP contribution in [-0.2, 0) is 11.8 Å². The van der Waals surface area contributed by atoms with Gasteiger partial charge in [0, 0.05) is 18.7 Å². The largest absolute Gasteiger partial charge is 0.480 e. The number of nitrogens with zero attached hydrogens (tertiary/aromatic N) is 4. The molecule has 1 aliphatic carbocycles. The monoisotopic (exact) mass is 328 g/mol. The topological polar surface area (TPSA) is 88.3 Å². The molecule has 2 heterocycles. The van der Waals surface area contributed by atoms with Crippen molar-refractivity contribution in [1.29, 1.82) is 0 Å². The fourth-order valence-electron chi connectivity index (χ4n) is 4.30. The zero-order valence-electron chi connectivity index (χ0n) is 13.6. The first kappa shape index (κ1) is 15.1. The lowest BCUT2D eigenvalue weighted by molar-refractivity contribution is -0.141. The molecule has 7 nitrogen and oxygen atoms in total. The molecular weight excluding hydrogens is 308 g/mol. The maximum atomic E-state index is 13.1. The van der Waals surface area contributed by atoms with Gasteiger partial charge in [0.05, 0.1) is 5.52 Å². The Morgan fingerprint density at radius 1 is 1.25 bits per heavy atom. The Bertz CT molecular complexity index is 815. The molecule has 0 spiro atoms. The van der Waals surface area contributed by atoms with E-state index >= 15 is 0 Å². The number of carboxylic acids is 1. The Kier molecular flexibility index (Phi) is 3.51. The Labute approximate surface area is 139 Å². The number of aryl methyl sites for hydroxylation is 1. The van der Waals surface area contributed by atoms with E-state index in [1.54, 1.807) is 28.8 Å². The number of amides is 1. The summed E-state index contributed by atoms with van der Waals surface area (Å²) in [5.74, 6) is -0.799. The molecule has 2 fully saturated rings. The highest BCUT2D eigenvalue weighted by atomic mass is 16.4. The van der Waals surface area contributed by atoms with Gasteiger partial charge in [-0.1, -0.05) is 18.1 Å². The van der Waals surface area contributed by atoms with Gasteiger partial charge in [-0.2, -0.15) is 0 Å². The molecule has 0 bridgehead atoms. The van der Waals surface area contributed by atoms with Crippen LogP contribution in [0.25, 0.3) is 11.0 Å². The van der Waals surface area contributed by atoms with E-state index in [4.69, 9.17) is 0 Å². The van der Waals surface area contributed by atoms with Crippen molar-refractivity contribution in [3.63, 3.8) is 0 Å². The summed E-state index contributed by atoms with van der Waals surface area (Å²) < 4.78 is 1.65. The fourth-order valence-corrected chi connectivity index (χ4v) is 4.30. The average Bonchev–Trinajstić information content (AvgIpc) is 3.15. The minimum atomic E-state index is -0.904. The summed E-state index contributed by atoms with van der Waals surface area (Å²) in [5.41, 5.74) is 1.98. The van der Waals surface area contributed by atoms with Crippen LogP contribution >= 0.6 is 0 Å². The molecule has 2 aromatic rings. The number of hydrogen-bond acceptors (Lipinski definition) is 4. The highest BCUT2D eigenvalue weighted by Gasteiger charge is 2.47. The summed E-state index contributed by atoms with van der Waals surface area (Å²) in [5, 5.41) is 17.6. The van der Waals surface area contributed by atoms with E-state index in [1.165, 1.54) is 0 Å². The van der Waals surface area contributed by atoms with Crippen molar-refractivity contribution in [2.75, 3.05) is 0 Å². The Hall–Kier alpha value is -2.44. The summed E-state index contributed by atoms with van der Waals surface area (Å²) in [4.78, 5) is 26.4. The molecule has 24 heavy (non-hydrogen) atoms. The summed E-state index contributed by atoms with van der Waals surface area (Å²) in [6.45, 7) is 0. The molecule has 1 saturated heterocycles. The summed E-state index contributed by atoms with van der Waals surface area (Å²) >= 11 is 0. The second-order valence-corrected chi connectivity index (χ2v) is 6.83. The molecule has 4 rings (SSSR count). The van der Waals surface area contributed by atoms with E-state index < -0.39 is 12.0 Å². The first-order chi connectivity index (χ1) is 11.6. The maximum Gasteiger partial charge on any atom is 0.326 e. The number of hydrogen-bond donors (Lipinski definition) is 1. The molecule has 1 aliphatic heterocycles. The fraction of sp³-hybridized carbons (Fsp3) is 0.529. The van der Waals surface area contributed by atoms with Gasteiger partial charge in [0.1, 0.15) is 11.6 Å². The molecule has 2 aliphatic rings. The minimum Gasteiger partial charge on any atom is -0.480 e. The smallest absolute Gasteiger partial charge is 0.326 e. The molecule has 1 N–H and O–H groups in total.